The maximum Gasteiger partial charge on any atom is 0.130 e. The second-order valence-electron chi connectivity index (χ2n) is 3.35. The smallest absolute Gasteiger partial charge is 0.130 e. The molecule has 0 saturated carbocycles. The van der Waals surface area contributed by atoms with E-state index in [0.29, 0.717) is 15.9 Å². The summed E-state index contributed by atoms with van der Waals surface area (Å²) in [7, 11) is 0. The van der Waals surface area contributed by atoms with E-state index < -0.39 is 0 Å². The number of nitrogens with zero attached hydrogens (tertiary/aromatic N) is 1. The van der Waals surface area contributed by atoms with Crippen LogP contribution in [0.5, 0.6) is 5.75 Å². The number of para-hydroxylation sites is 1. The Kier molecular flexibility index (Phi) is 4.15. The van der Waals surface area contributed by atoms with E-state index in [4.69, 9.17) is 23.2 Å². The molecule has 0 fully saturated rings. The van der Waals surface area contributed by atoms with Gasteiger partial charge >= 0.3 is 0 Å². The molecule has 1 N–H and O–H groups in total. The molecule has 5 heteroatoms. The summed E-state index contributed by atoms with van der Waals surface area (Å²) in [6.07, 6.45) is 1.65. The van der Waals surface area contributed by atoms with Gasteiger partial charge in [0, 0.05) is 21.9 Å². The molecule has 0 amide bonds. The van der Waals surface area contributed by atoms with Gasteiger partial charge in [0.05, 0.1) is 0 Å². The first kappa shape index (κ1) is 12.6. The van der Waals surface area contributed by atoms with E-state index in [-0.39, 0.29) is 5.75 Å². The average Bonchev–Trinajstić information content (AvgIpc) is 2.30. The standard InChI is InChI=1S/C12H9Cl2NOS/c13-9-5-12(14)15-6-8(9)7-17-11-4-2-1-3-10(11)16/h1-6,16H,7H2. The predicted octanol–water partition coefficient (Wildman–Crippen LogP) is 4.39. The van der Waals surface area contributed by atoms with Crippen molar-refractivity contribution in [2.24, 2.45) is 0 Å². The van der Waals surface area contributed by atoms with Gasteiger partial charge in [0.25, 0.3) is 0 Å². The van der Waals surface area contributed by atoms with Crippen molar-refractivity contribution < 1.29 is 5.11 Å². The van der Waals surface area contributed by atoms with E-state index in [1.54, 1.807) is 24.4 Å². The van der Waals surface area contributed by atoms with Crippen LogP contribution in [0, 0.1) is 0 Å². The van der Waals surface area contributed by atoms with Gasteiger partial charge in [-0.2, -0.15) is 0 Å². The molecular weight excluding hydrogens is 277 g/mol. The van der Waals surface area contributed by atoms with Gasteiger partial charge in [0.2, 0.25) is 0 Å². The normalized spacial score (nSPS) is 10.5. The second-order valence-corrected chi connectivity index (χ2v) is 5.17. The lowest BCUT2D eigenvalue weighted by atomic mass is 10.3. The van der Waals surface area contributed by atoms with Crippen LogP contribution in [0.4, 0.5) is 0 Å². The summed E-state index contributed by atoms with van der Waals surface area (Å²) in [5, 5.41) is 10.6. The van der Waals surface area contributed by atoms with Crippen LogP contribution in [0.3, 0.4) is 0 Å². The van der Waals surface area contributed by atoms with Crippen molar-refractivity contribution in [1.82, 2.24) is 4.98 Å². The van der Waals surface area contributed by atoms with Crippen molar-refractivity contribution in [3.63, 3.8) is 0 Å². The molecule has 2 rings (SSSR count). The highest BCUT2D eigenvalue weighted by Crippen LogP contribution is 2.32. The van der Waals surface area contributed by atoms with Gasteiger partial charge in [-0.05, 0) is 23.8 Å². The molecule has 1 aromatic heterocycles. The highest BCUT2D eigenvalue weighted by molar-refractivity contribution is 7.98. The number of aromatic nitrogens is 1. The summed E-state index contributed by atoms with van der Waals surface area (Å²) in [5.41, 5.74) is 0.893. The number of pyridine rings is 1. The van der Waals surface area contributed by atoms with E-state index in [0.717, 1.165) is 10.5 Å². The molecule has 17 heavy (non-hydrogen) atoms. The Hall–Kier alpha value is -0.900. The number of aromatic hydroxyl groups is 1. The van der Waals surface area contributed by atoms with E-state index >= 15 is 0 Å². The summed E-state index contributed by atoms with van der Waals surface area (Å²) >= 11 is 13.3. The Bertz CT molecular complexity index is 534. The van der Waals surface area contributed by atoms with Gasteiger partial charge in [-0.25, -0.2) is 4.98 Å². The van der Waals surface area contributed by atoms with Crippen molar-refractivity contribution >= 4 is 35.0 Å². The van der Waals surface area contributed by atoms with Crippen molar-refractivity contribution in [3.05, 3.63) is 52.3 Å². The third kappa shape index (κ3) is 3.28. The fraction of sp³-hybridized carbons (Fsp3) is 0.0833. The zero-order chi connectivity index (χ0) is 12.3. The van der Waals surface area contributed by atoms with Crippen molar-refractivity contribution in [1.29, 1.82) is 0 Å². The molecule has 0 aliphatic heterocycles. The minimum atomic E-state index is 0.274. The lowest BCUT2D eigenvalue weighted by Gasteiger charge is -2.05. The first-order valence-electron chi connectivity index (χ1n) is 4.87. The first-order valence-corrected chi connectivity index (χ1v) is 6.61. The maximum atomic E-state index is 9.61. The Balaban J connectivity index is 2.10. The molecule has 0 saturated heterocycles. The molecule has 88 valence electrons. The number of thioether (sulfide) groups is 1. The van der Waals surface area contributed by atoms with Crippen LogP contribution >= 0.6 is 35.0 Å². The Morgan fingerprint density at radius 3 is 2.71 bits per heavy atom. The van der Waals surface area contributed by atoms with Crippen LogP contribution in [0.15, 0.2) is 41.4 Å². The minimum absolute atomic E-state index is 0.274. The molecule has 2 nitrogen and oxygen atoms in total. The largest absolute Gasteiger partial charge is 0.507 e. The number of hydrogen-bond acceptors (Lipinski definition) is 3. The Morgan fingerprint density at radius 2 is 2.00 bits per heavy atom. The topological polar surface area (TPSA) is 33.1 Å². The average molecular weight is 286 g/mol. The molecule has 0 spiro atoms. The van der Waals surface area contributed by atoms with E-state index in [2.05, 4.69) is 4.98 Å². The molecule has 0 unspecified atom stereocenters. The third-order valence-electron chi connectivity index (χ3n) is 2.14. The SMILES string of the molecule is Oc1ccccc1SCc1cnc(Cl)cc1Cl. The zero-order valence-electron chi connectivity index (χ0n) is 8.73. The Labute approximate surface area is 114 Å². The number of benzene rings is 1. The van der Waals surface area contributed by atoms with Crippen LogP contribution < -0.4 is 0 Å². The summed E-state index contributed by atoms with van der Waals surface area (Å²) in [4.78, 5) is 4.80. The monoisotopic (exact) mass is 285 g/mol. The molecule has 0 atom stereocenters. The van der Waals surface area contributed by atoms with Crippen LogP contribution in [0.1, 0.15) is 5.56 Å². The van der Waals surface area contributed by atoms with Crippen LogP contribution in [0.2, 0.25) is 10.2 Å². The highest BCUT2D eigenvalue weighted by atomic mass is 35.5. The summed E-state index contributed by atoms with van der Waals surface area (Å²) in [6, 6.07) is 8.80. The van der Waals surface area contributed by atoms with Gasteiger partial charge in [0.15, 0.2) is 0 Å². The number of hydrogen-bond donors (Lipinski definition) is 1. The molecule has 0 bridgehead atoms. The molecule has 0 aliphatic rings. The van der Waals surface area contributed by atoms with Crippen molar-refractivity contribution in [2.45, 2.75) is 10.6 Å². The minimum Gasteiger partial charge on any atom is -0.507 e. The zero-order valence-corrected chi connectivity index (χ0v) is 11.1. The first-order chi connectivity index (χ1) is 8.16. The number of phenolic OH excluding ortho intramolecular Hbond substituents is 1. The fourth-order valence-corrected chi connectivity index (χ4v) is 2.72. The van der Waals surface area contributed by atoms with E-state index in [1.807, 2.05) is 12.1 Å². The number of halogens is 2. The third-order valence-corrected chi connectivity index (χ3v) is 3.81. The highest BCUT2D eigenvalue weighted by Gasteiger charge is 2.05. The molecule has 0 radical (unpaired) electrons. The van der Waals surface area contributed by atoms with E-state index in [1.165, 1.54) is 11.8 Å². The maximum absolute atomic E-state index is 9.61. The van der Waals surface area contributed by atoms with E-state index in [9.17, 15) is 5.11 Å². The van der Waals surface area contributed by atoms with Crippen molar-refractivity contribution in [2.75, 3.05) is 0 Å². The number of rotatable bonds is 3. The lowest BCUT2D eigenvalue weighted by molar-refractivity contribution is 0.462. The van der Waals surface area contributed by atoms with Gasteiger partial charge < -0.3 is 5.11 Å². The number of phenols is 1. The molecular formula is C12H9Cl2NOS. The molecule has 1 aromatic carbocycles. The van der Waals surface area contributed by atoms with Crippen LogP contribution in [0.25, 0.3) is 0 Å². The van der Waals surface area contributed by atoms with Gasteiger partial charge in [-0.3, -0.25) is 0 Å². The summed E-state index contributed by atoms with van der Waals surface area (Å²) in [5.74, 6) is 0.913. The Morgan fingerprint density at radius 1 is 1.24 bits per heavy atom. The van der Waals surface area contributed by atoms with Crippen molar-refractivity contribution in [3.8, 4) is 5.75 Å². The molecule has 1 heterocycles. The second kappa shape index (κ2) is 5.63. The van der Waals surface area contributed by atoms with Gasteiger partial charge in [-0.15, -0.1) is 11.8 Å². The predicted molar refractivity (Wildman–Crippen MR) is 71.9 cm³/mol. The van der Waals surface area contributed by atoms with Crippen LogP contribution in [-0.2, 0) is 5.75 Å². The lowest BCUT2D eigenvalue weighted by Crippen LogP contribution is -1.86. The fourth-order valence-electron chi connectivity index (χ4n) is 1.28. The van der Waals surface area contributed by atoms with Gasteiger partial charge in [0.1, 0.15) is 10.9 Å². The molecule has 0 aliphatic carbocycles. The summed E-state index contributed by atoms with van der Waals surface area (Å²) in [6.45, 7) is 0. The quantitative estimate of drug-likeness (QED) is 0.671. The van der Waals surface area contributed by atoms with Gasteiger partial charge in [-0.1, -0.05) is 35.3 Å². The molecule has 2 aromatic rings. The summed E-state index contributed by atoms with van der Waals surface area (Å²) < 4.78 is 0. The van der Waals surface area contributed by atoms with Crippen LogP contribution in [-0.4, -0.2) is 10.1 Å².